The number of nitrogens with one attached hydrogen (secondary N) is 2. The Morgan fingerprint density at radius 1 is 1.57 bits per heavy atom. The van der Waals surface area contributed by atoms with E-state index < -0.39 is 5.82 Å². The predicted molar refractivity (Wildman–Crippen MR) is 79.7 cm³/mol. The van der Waals surface area contributed by atoms with E-state index in [2.05, 4.69) is 10.6 Å². The number of hydrogen-bond acceptors (Lipinski definition) is 3. The van der Waals surface area contributed by atoms with E-state index in [-0.39, 0.29) is 23.1 Å². The Labute approximate surface area is 125 Å². The molecular formula is C16H23FN2O2. The van der Waals surface area contributed by atoms with Gasteiger partial charge in [0.1, 0.15) is 0 Å². The molecule has 1 aliphatic heterocycles. The van der Waals surface area contributed by atoms with Gasteiger partial charge in [0.15, 0.2) is 11.6 Å². The van der Waals surface area contributed by atoms with Crippen LogP contribution in [0.15, 0.2) is 18.2 Å². The molecule has 2 atom stereocenters. The van der Waals surface area contributed by atoms with Gasteiger partial charge in [-0.15, -0.1) is 0 Å². The van der Waals surface area contributed by atoms with Gasteiger partial charge in [0, 0.05) is 6.54 Å². The molecule has 21 heavy (non-hydrogen) atoms. The van der Waals surface area contributed by atoms with Crippen LogP contribution in [-0.4, -0.2) is 26.1 Å². The summed E-state index contributed by atoms with van der Waals surface area (Å²) in [6.07, 6.45) is 1.65. The zero-order chi connectivity index (χ0) is 15.5. The Morgan fingerprint density at radius 3 is 2.86 bits per heavy atom. The fourth-order valence-corrected chi connectivity index (χ4v) is 2.78. The molecule has 1 amide bonds. The summed E-state index contributed by atoms with van der Waals surface area (Å²) >= 11 is 0. The highest BCUT2D eigenvalue weighted by molar-refractivity contribution is 5.83. The third-order valence-corrected chi connectivity index (χ3v) is 4.43. The van der Waals surface area contributed by atoms with Crippen LogP contribution in [-0.2, 0) is 4.79 Å². The normalized spacial score (nSPS) is 22.9. The molecule has 1 aromatic carbocycles. The van der Waals surface area contributed by atoms with Gasteiger partial charge >= 0.3 is 0 Å². The van der Waals surface area contributed by atoms with Crippen LogP contribution in [0.4, 0.5) is 4.39 Å². The molecule has 0 aliphatic carbocycles. The topological polar surface area (TPSA) is 50.4 Å². The van der Waals surface area contributed by atoms with Crippen LogP contribution in [0.3, 0.4) is 0 Å². The van der Waals surface area contributed by atoms with E-state index in [4.69, 9.17) is 4.74 Å². The molecule has 2 unspecified atom stereocenters. The van der Waals surface area contributed by atoms with Gasteiger partial charge in [0.05, 0.1) is 18.6 Å². The van der Waals surface area contributed by atoms with Crippen LogP contribution < -0.4 is 15.4 Å². The molecular weight excluding hydrogens is 271 g/mol. The Kier molecular flexibility index (Phi) is 4.83. The maximum Gasteiger partial charge on any atom is 0.228 e. The Balaban J connectivity index is 2.08. The second-order valence-electron chi connectivity index (χ2n) is 5.65. The highest BCUT2D eigenvalue weighted by Gasteiger charge is 2.39. The van der Waals surface area contributed by atoms with Crippen molar-refractivity contribution in [2.45, 2.75) is 32.7 Å². The van der Waals surface area contributed by atoms with Gasteiger partial charge in [0.2, 0.25) is 5.91 Å². The van der Waals surface area contributed by atoms with E-state index in [1.54, 1.807) is 12.1 Å². The van der Waals surface area contributed by atoms with E-state index >= 15 is 0 Å². The van der Waals surface area contributed by atoms with Crippen molar-refractivity contribution in [1.29, 1.82) is 0 Å². The summed E-state index contributed by atoms with van der Waals surface area (Å²) in [5.74, 6) is -0.162. The van der Waals surface area contributed by atoms with Crippen molar-refractivity contribution in [2.24, 2.45) is 5.41 Å². The molecule has 0 saturated carbocycles. The minimum Gasteiger partial charge on any atom is -0.494 e. The number of amides is 1. The number of benzene rings is 1. The van der Waals surface area contributed by atoms with Crippen molar-refractivity contribution in [2.75, 3.05) is 20.2 Å². The molecule has 116 valence electrons. The second-order valence-corrected chi connectivity index (χ2v) is 5.65. The molecule has 0 spiro atoms. The van der Waals surface area contributed by atoms with E-state index in [0.29, 0.717) is 6.54 Å². The van der Waals surface area contributed by atoms with Crippen molar-refractivity contribution >= 4 is 5.91 Å². The van der Waals surface area contributed by atoms with E-state index in [1.165, 1.54) is 13.2 Å². The first-order chi connectivity index (χ1) is 10.0. The molecule has 1 saturated heterocycles. The van der Waals surface area contributed by atoms with Gasteiger partial charge in [-0.1, -0.05) is 13.0 Å². The molecule has 0 radical (unpaired) electrons. The monoisotopic (exact) mass is 294 g/mol. The van der Waals surface area contributed by atoms with Gasteiger partial charge in [-0.2, -0.15) is 0 Å². The summed E-state index contributed by atoms with van der Waals surface area (Å²) in [6.45, 7) is 5.47. The largest absolute Gasteiger partial charge is 0.494 e. The maximum atomic E-state index is 13.7. The van der Waals surface area contributed by atoms with E-state index in [1.807, 2.05) is 13.8 Å². The lowest BCUT2D eigenvalue weighted by molar-refractivity contribution is -0.131. The first-order valence-electron chi connectivity index (χ1n) is 7.37. The molecule has 1 fully saturated rings. The molecule has 1 aliphatic rings. The summed E-state index contributed by atoms with van der Waals surface area (Å²) in [5, 5.41) is 6.25. The minimum absolute atomic E-state index is 0.0405. The average Bonchev–Trinajstić information content (AvgIpc) is 2.97. The van der Waals surface area contributed by atoms with Crippen molar-refractivity contribution in [3.63, 3.8) is 0 Å². The summed E-state index contributed by atoms with van der Waals surface area (Å²) in [4.78, 5) is 12.5. The second kappa shape index (κ2) is 6.43. The zero-order valence-electron chi connectivity index (χ0n) is 12.8. The van der Waals surface area contributed by atoms with Crippen LogP contribution in [0.2, 0.25) is 0 Å². The van der Waals surface area contributed by atoms with Crippen LogP contribution in [0.25, 0.3) is 0 Å². The first-order valence-corrected chi connectivity index (χ1v) is 7.37. The number of halogens is 1. The molecule has 0 aromatic heterocycles. The molecule has 2 N–H and O–H groups in total. The molecule has 0 bridgehead atoms. The zero-order valence-corrected chi connectivity index (χ0v) is 12.8. The van der Waals surface area contributed by atoms with E-state index in [9.17, 15) is 9.18 Å². The lowest BCUT2D eigenvalue weighted by atomic mass is 9.83. The molecule has 1 heterocycles. The fraction of sp³-hybridized carbons (Fsp3) is 0.562. The molecule has 2 rings (SSSR count). The quantitative estimate of drug-likeness (QED) is 0.877. The smallest absolute Gasteiger partial charge is 0.228 e. The standard InChI is InChI=1S/C16H23FN2O2/c1-4-16(7-8-18-10-16)15(20)19-11(2)12-5-6-14(21-3)13(17)9-12/h5-6,9,11,18H,4,7-8,10H2,1-3H3,(H,19,20). The van der Waals surface area contributed by atoms with Crippen molar-refractivity contribution in [3.05, 3.63) is 29.6 Å². The number of carbonyl (C=O) groups is 1. The average molecular weight is 294 g/mol. The van der Waals surface area contributed by atoms with E-state index in [0.717, 1.165) is 24.9 Å². The summed E-state index contributed by atoms with van der Waals surface area (Å²) < 4.78 is 18.6. The first kappa shape index (κ1) is 15.8. The number of ether oxygens (including phenoxy) is 1. The number of hydrogen-bond donors (Lipinski definition) is 2. The number of rotatable bonds is 5. The van der Waals surface area contributed by atoms with Crippen molar-refractivity contribution in [3.8, 4) is 5.75 Å². The SMILES string of the molecule is CCC1(C(=O)NC(C)c2ccc(OC)c(F)c2)CCNC1. The highest BCUT2D eigenvalue weighted by atomic mass is 19.1. The Morgan fingerprint density at radius 2 is 2.33 bits per heavy atom. The van der Waals surface area contributed by atoms with Gasteiger partial charge in [0.25, 0.3) is 0 Å². The maximum absolute atomic E-state index is 13.7. The molecule has 5 heteroatoms. The lowest BCUT2D eigenvalue weighted by Crippen LogP contribution is -2.43. The number of carbonyl (C=O) groups excluding carboxylic acids is 1. The molecule has 1 aromatic rings. The van der Waals surface area contributed by atoms with Crippen LogP contribution in [0, 0.1) is 11.2 Å². The van der Waals surface area contributed by atoms with Gasteiger partial charge < -0.3 is 15.4 Å². The van der Waals surface area contributed by atoms with Gasteiger partial charge in [-0.25, -0.2) is 4.39 Å². The summed E-state index contributed by atoms with van der Waals surface area (Å²) in [7, 11) is 1.43. The lowest BCUT2D eigenvalue weighted by Gasteiger charge is -2.27. The third-order valence-electron chi connectivity index (χ3n) is 4.43. The minimum atomic E-state index is -0.413. The highest BCUT2D eigenvalue weighted by Crippen LogP contribution is 2.31. The molecule has 4 nitrogen and oxygen atoms in total. The van der Waals surface area contributed by atoms with Crippen LogP contribution in [0.5, 0.6) is 5.75 Å². The number of methoxy groups -OCH3 is 1. The van der Waals surface area contributed by atoms with Gasteiger partial charge in [-0.3, -0.25) is 4.79 Å². The van der Waals surface area contributed by atoms with Crippen molar-refractivity contribution in [1.82, 2.24) is 10.6 Å². The van der Waals surface area contributed by atoms with Crippen molar-refractivity contribution < 1.29 is 13.9 Å². The Hall–Kier alpha value is -1.62. The summed E-state index contributed by atoms with van der Waals surface area (Å²) in [5.41, 5.74) is 0.401. The summed E-state index contributed by atoms with van der Waals surface area (Å²) in [6, 6.07) is 4.54. The third kappa shape index (κ3) is 3.18. The predicted octanol–water partition coefficient (Wildman–Crippen LogP) is 2.40. The van der Waals surface area contributed by atoms with Crippen LogP contribution in [0.1, 0.15) is 38.3 Å². The Bertz CT molecular complexity index is 513. The van der Waals surface area contributed by atoms with Crippen LogP contribution >= 0.6 is 0 Å². The fourth-order valence-electron chi connectivity index (χ4n) is 2.78. The van der Waals surface area contributed by atoms with Gasteiger partial charge in [-0.05, 0) is 44.0 Å².